The van der Waals surface area contributed by atoms with Crippen LogP contribution in [0.15, 0.2) is 6.20 Å². The van der Waals surface area contributed by atoms with Crippen molar-refractivity contribution >= 4 is 11.3 Å². The number of ether oxygens (including phenoxy) is 1. The molecule has 1 fully saturated rings. The second-order valence-corrected chi connectivity index (χ2v) is 10.5. The van der Waals surface area contributed by atoms with Gasteiger partial charge in [0.15, 0.2) is 6.61 Å². The van der Waals surface area contributed by atoms with Crippen LogP contribution in [0.1, 0.15) is 48.4 Å². The van der Waals surface area contributed by atoms with Gasteiger partial charge in [-0.25, -0.2) is 9.37 Å². The van der Waals surface area contributed by atoms with Crippen molar-refractivity contribution in [2.45, 2.75) is 75.5 Å². The van der Waals surface area contributed by atoms with E-state index in [1.165, 1.54) is 16.1 Å². The van der Waals surface area contributed by atoms with Crippen molar-refractivity contribution in [2.75, 3.05) is 26.2 Å². The lowest BCUT2D eigenvalue weighted by Gasteiger charge is -2.36. The van der Waals surface area contributed by atoms with Gasteiger partial charge in [0.25, 0.3) is 5.19 Å². The van der Waals surface area contributed by atoms with Crippen molar-refractivity contribution in [1.29, 1.82) is 0 Å². The molecule has 1 unspecified atom stereocenters. The molecule has 0 spiro atoms. The van der Waals surface area contributed by atoms with E-state index in [4.69, 9.17) is 4.74 Å². The Morgan fingerprint density at radius 3 is 2.71 bits per heavy atom. The minimum atomic E-state index is -4.38. The van der Waals surface area contributed by atoms with Crippen LogP contribution in [-0.4, -0.2) is 80.3 Å². The molecule has 1 saturated carbocycles. The van der Waals surface area contributed by atoms with Gasteiger partial charge >= 0.3 is 6.18 Å². The number of hydrogen-bond donors (Lipinski definition) is 2. The predicted molar refractivity (Wildman–Crippen MR) is 122 cm³/mol. The summed E-state index contributed by atoms with van der Waals surface area (Å²) in [6.45, 7) is 0.727. The van der Waals surface area contributed by atoms with Crippen molar-refractivity contribution in [2.24, 2.45) is 7.05 Å². The van der Waals surface area contributed by atoms with Gasteiger partial charge in [0.1, 0.15) is 11.9 Å². The van der Waals surface area contributed by atoms with E-state index in [0.717, 1.165) is 17.1 Å². The number of hydrogen-bond acceptors (Lipinski definition) is 8. The average Bonchev–Trinajstić information content (AvgIpc) is 3.33. The molecule has 1 aliphatic carbocycles. The van der Waals surface area contributed by atoms with Crippen LogP contribution in [-0.2, 0) is 26.3 Å². The second-order valence-electron chi connectivity index (χ2n) is 9.48. The SMILES string of the molecule is Cn1ncc(CC(O)NC2CCC(F)(CCN3CCc4nc(OCC(F)(F)F)sc4CC3)CC2)n1. The van der Waals surface area contributed by atoms with E-state index in [0.29, 0.717) is 70.2 Å². The van der Waals surface area contributed by atoms with Gasteiger partial charge in [-0.05, 0) is 38.5 Å². The number of nitrogens with zero attached hydrogens (tertiary/aromatic N) is 5. The molecule has 3 heterocycles. The molecule has 0 radical (unpaired) electrons. The van der Waals surface area contributed by atoms with Crippen LogP contribution in [0.4, 0.5) is 17.6 Å². The normalized spacial score (nSPS) is 24.7. The zero-order chi connectivity index (χ0) is 25.1. The molecule has 2 N–H and O–H groups in total. The first-order valence-corrected chi connectivity index (χ1v) is 12.8. The number of alkyl halides is 4. The first kappa shape index (κ1) is 26.2. The van der Waals surface area contributed by atoms with Crippen LogP contribution in [0.3, 0.4) is 0 Å². The molecule has 13 heteroatoms. The number of aryl methyl sites for hydroxylation is 1. The van der Waals surface area contributed by atoms with Gasteiger partial charge in [-0.2, -0.15) is 28.2 Å². The quantitative estimate of drug-likeness (QED) is 0.388. The molecular formula is C22H32F4N6O2S. The fourth-order valence-electron chi connectivity index (χ4n) is 4.74. The monoisotopic (exact) mass is 520 g/mol. The van der Waals surface area contributed by atoms with Crippen LogP contribution in [0, 0.1) is 0 Å². The third-order valence-corrected chi connectivity index (χ3v) is 7.74. The summed E-state index contributed by atoms with van der Waals surface area (Å²) in [7, 11) is 1.72. The maximum Gasteiger partial charge on any atom is 0.422 e. The maximum atomic E-state index is 15.5. The van der Waals surface area contributed by atoms with Crippen LogP contribution >= 0.6 is 11.3 Å². The highest BCUT2D eigenvalue weighted by atomic mass is 32.1. The van der Waals surface area contributed by atoms with E-state index in [9.17, 15) is 18.3 Å². The molecule has 2 aromatic rings. The highest BCUT2D eigenvalue weighted by molar-refractivity contribution is 7.13. The lowest BCUT2D eigenvalue weighted by atomic mass is 9.81. The molecule has 4 rings (SSSR count). The van der Waals surface area contributed by atoms with E-state index in [2.05, 4.69) is 25.4 Å². The Labute approximate surface area is 205 Å². The fourth-order valence-corrected chi connectivity index (χ4v) is 5.68. The van der Waals surface area contributed by atoms with Gasteiger partial charge in [-0.15, -0.1) is 0 Å². The van der Waals surface area contributed by atoms with Gasteiger partial charge in [0.05, 0.1) is 17.6 Å². The van der Waals surface area contributed by atoms with Gasteiger partial charge in [0.2, 0.25) is 0 Å². The van der Waals surface area contributed by atoms with E-state index in [-0.39, 0.29) is 11.2 Å². The van der Waals surface area contributed by atoms with E-state index < -0.39 is 24.7 Å². The summed E-state index contributed by atoms with van der Waals surface area (Å²) in [5.74, 6) is 0. The number of nitrogens with one attached hydrogen (secondary N) is 1. The number of rotatable bonds is 9. The minimum absolute atomic E-state index is 0.0654. The number of aliphatic hydroxyl groups is 1. The molecule has 0 saturated heterocycles. The number of fused-ring (bicyclic) bond motifs is 1. The molecule has 8 nitrogen and oxygen atoms in total. The summed E-state index contributed by atoms with van der Waals surface area (Å²) < 4.78 is 57.3. The molecular weight excluding hydrogens is 488 g/mol. The summed E-state index contributed by atoms with van der Waals surface area (Å²) in [4.78, 5) is 8.84. The molecule has 1 aliphatic heterocycles. The number of halogens is 4. The Hall–Kier alpha value is -1.83. The third-order valence-electron chi connectivity index (χ3n) is 6.67. The Kier molecular flexibility index (Phi) is 8.29. The molecule has 0 aromatic carbocycles. The lowest BCUT2D eigenvalue weighted by Crippen LogP contribution is -2.45. The summed E-state index contributed by atoms with van der Waals surface area (Å²) in [6.07, 6.45) is 0.830. The fraction of sp³-hybridized carbons (Fsp3) is 0.773. The highest BCUT2D eigenvalue weighted by Crippen LogP contribution is 2.36. The first-order valence-electron chi connectivity index (χ1n) is 12.0. The Morgan fingerprint density at radius 2 is 2.03 bits per heavy atom. The minimum Gasteiger partial charge on any atom is -0.460 e. The average molecular weight is 521 g/mol. The standard InChI is InChI=1S/C22H32F4N6O2S/c1-31-27-13-16(30-31)12-19(33)28-15-2-6-21(23,7-3-15)8-11-32-9-4-17-18(5-10-32)35-20(29-17)34-14-22(24,25)26/h13,15,19,28,33H,2-12,14H2,1H3. The van der Waals surface area contributed by atoms with Crippen molar-refractivity contribution in [1.82, 2.24) is 30.2 Å². The van der Waals surface area contributed by atoms with Gasteiger partial charge < -0.3 is 14.7 Å². The predicted octanol–water partition coefficient (Wildman–Crippen LogP) is 2.81. The van der Waals surface area contributed by atoms with Gasteiger partial charge in [-0.3, -0.25) is 5.32 Å². The second kappa shape index (κ2) is 11.1. The topological polar surface area (TPSA) is 88.3 Å². The van der Waals surface area contributed by atoms with E-state index in [1.54, 1.807) is 13.2 Å². The first-order chi connectivity index (χ1) is 16.6. The summed E-state index contributed by atoms with van der Waals surface area (Å²) >= 11 is 1.17. The molecule has 2 aliphatic rings. The summed E-state index contributed by atoms with van der Waals surface area (Å²) in [5.41, 5.74) is 0.272. The molecule has 196 valence electrons. The van der Waals surface area contributed by atoms with Crippen LogP contribution in [0.5, 0.6) is 5.19 Å². The molecule has 0 bridgehead atoms. The number of aliphatic hydroxyl groups excluding tert-OH is 1. The number of thiazole rings is 1. The molecule has 0 amide bonds. The van der Waals surface area contributed by atoms with Crippen LogP contribution in [0.2, 0.25) is 0 Å². The Bertz CT molecular complexity index is 935. The molecule has 1 atom stereocenters. The van der Waals surface area contributed by atoms with Crippen molar-refractivity contribution in [3.05, 3.63) is 22.5 Å². The third kappa shape index (κ3) is 7.83. The Morgan fingerprint density at radius 1 is 1.29 bits per heavy atom. The van der Waals surface area contributed by atoms with Crippen molar-refractivity contribution < 1.29 is 27.4 Å². The lowest BCUT2D eigenvalue weighted by molar-refractivity contribution is -0.153. The molecule has 2 aromatic heterocycles. The highest BCUT2D eigenvalue weighted by Gasteiger charge is 2.36. The van der Waals surface area contributed by atoms with E-state index >= 15 is 4.39 Å². The van der Waals surface area contributed by atoms with Crippen molar-refractivity contribution in [3.63, 3.8) is 0 Å². The maximum absolute atomic E-state index is 15.5. The Balaban J connectivity index is 1.17. The van der Waals surface area contributed by atoms with Crippen LogP contribution in [0.25, 0.3) is 0 Å². The van der Waals surface area contributed by atoms with Crippen molar-refractivity contribution in [3.8, 4) is 5.19 Å². The smallest absolute Gasteiger partial charge is 0.422 e. The van der Waals surface area contributed by atoms with E-state index in [1.807, 2.05) is 0 Å². The largest absolute Gasteiger partial charge is 0.460 e. The summed E-state index contributed by atoms with van der Waals surface area (Å²) in [5, 5.41) is 21.7. The summed E-state index contributed by atoms with van der Waals surface area (Å²) in [6, 6.07) is 0.0690. The zero-order valence-electron chi connectivity index (χ0n) is 19.7. The van der Waals surface area contributed by atoms with Gasteiger partial charge in [0, 0.05) is 50.4 Å². The number of aromatic nitrogens is 4. The van der Waals surface area contributed by atoms with Gasteiger partial charge in [-0.1, -0.05) is 11.3 Å². The zero-order valence-corrected chi connectivity index (χ0v) is 20.5. The molecule has 35 heavy (non-hydrogen) atoms. The van der Waals surface area contributed by atoms with Crippen LogP contribution < -0.4 is 10.1 Å².